The summed E-state index contributed by atoms with van der Waals surface area (Å²) in [6.45, 7) is 9.43. The van der Waals surface area contributed by atoms with Crippen LogP contribution in [0.1, 0.15) is 46.6 Å². The summed E-state index contributed by atoms with van der Waals surface area (Å²) >= 11 is 0. The molecule has 1 amide bonds. The van der Waals surface area contributed by atoms with Gasteiger partial charge in [0, 0.05) is 5.54 Å². The van der Waals surface area contributed by atoms with E-state index in [0.717, 1.165) is 5.56 Å². The molecule has 0 saturated carbocycles. The zero-order valence-electron chi connectivity index (χ0n) is 15.3. The molecule has 0 heterocycles. The van der Waals surface area contributed by atoms with E-state index < -0.39 is 23.6 Å². The van der Waals surface area contributed by atoms with Crippen LogP contribution in [0.25, 0.3) is 0 Å². The minimum Gasteiger partial charge on any atom is -0.480 e. The average Bonchev–Trinajstić information content (AvgIpc) is 2.45. The molecule has 5 nitrogen and oxygen atoms in total. The number of carbonyl (C=O) groups is 2. The van der Waals surface area contributed by atoms with Crippen molar-refractivity contribution in [2.75, 3.05) is 0 Å². The number of carbonyl (C=O) groups excluding carboxylic acids is 1. The molecular weight excluding hydrogens is 304 g/mol. The number of hydrogen-bond acceptors (Lipinski definition) is 3. The number of carboxylic acids is 1. The second-order valence-electron chi connectivity index (χ2n) is 7.66. The number of nitrogens with zero attached hydrogens (tertiary/aromatic N) is 1. The highest BCUT2D eigenvalue weighted by Gasteiger charge is 2.39. The highest BCUT2D eigenvalue weighted by Crippen LogP contribution is 2.23. The molecule has 24 heavy (non-hydrogen) atoms. The van der Waals surface area contributed by atoms with Crippen molar-refractivity contribution in [3.05, 3.63) is 35.9 Å². The van der Waals surface area contributed by atoms with Crippen LogP contribution in [0.3, 0.4) is 0 Å². The van der Waals surface area contributed by atoms with Crippen LogP contribution in [0.2, 0.25) is 0 Å². The third-order valence-corrected chi connectivity index (χ3v) is 3.87. The maximum absolute atomic E-state index is 13.0. The Morgan fingerprint density at radius 3 is 2.12 bits per heavy atom. The Kier molecular flexibility index (Phi) is 6.96. The molecule has 0 unspecified atom stereocenters. The van der Waals surface area contributed by atoms with E-state index in [2.05, 4.69) is 0 Å². The molecule has 0 aromatic heterocycles. The van der Waals surface area contributed by atoms with E-state index in [1.54, 1.807) is 0 Å². The van der Waals surface area contributed by atoms with Crippen LogP contribution in [-0.2, 0) is 16.0 Å². The predicted molar refractivity (Wildman–Crippen MR) is 95.6 cm³/mol. The maximum Gasteiger partial charge on any atom is 0.326 e. The monoisotopic (exact) mass is 334 g/mol. The first-order valence-corrected chi connectivity index (χ1v) is 8.39. The topological polar surface area (TPSA) is 83.6 Å². The predicted octanol–water partition coefficient (Wildman–Crippen LogP) is 2.68. The summed E-state index contributed by atoms with van der Waals surface area (Å²) in [5.74, 6) is -1.15. The van der Waals surface area contributed by atoms with Crippen LogP contribution in [0.4, 0.5) is 0 Å². The summed E-state index contributed by atoms with van der Waals surface area (Å²) in [5.41, 5.74) is 6.47. The van der Waals surface area contributed by atoms with Gasteiger partial charge in [-0.2, -0.15) is 0 Å². The Morgan fingerprint density at radius 2 is 1.71 bits per heavy atom. The van der Waals surface area contributed by atoms with Crippen LogP contribution < -0.4 is 5.73 Å². The van der Waals surface area contributed by atoms with E-state index >= 15 is 0 Å². The minimum atomic E-state index is -0.987. The number of benzene rings is 1. The van der Waals surface area contributed by atoms with Gasteiger partial charge in [-0.1, -0.05) is 44.2 Å². The van der Waals surface area contributed by atoms with Crippen molar-refractivity contribution in [1.82, 2.24) is 4.90 Å². The van der Waals surface area contributed by atoms with Gasteiger partial charge in [-0.05, 0) is 45.1 Å². The Hall–Kier alpha value is -1.88. The molecule has 0 saturated heterocycles. The smallest absolute Gasteiger partial charge is 0.326 e. The summed E-state index contributed by atoms with van der Waals surface area (Å²) in [7, 11) is 0. The quantitative estimate of drug-likeness (QED) is 0.803. The molecule has 134 valence electrons. The lowest BCUT2D eigenvalue weighted by atomic mass is 9.94. The molecular formula is C19H30N2O3. The summed E-state index contributed by atoms with van der Waals surface area (Å²) in [6.07, 6.45) is 0.788. The Labute approximate surface area is 144 Å². The van der Waals surface area contributed by atoms with E-state index in [1.165, 1.54) is 4.90 Å². The first-order chi connectivity index (χ1) is 11.0. The highest BCUT2D eigenvalue weighted by molar-refractivity contribution is 5.87. The Morgan fingerprint density at radius 1 is 1.17 bits per heavy atom. The number of hydrogen-bond donors (Lipinski definition) is 2. The second kappa shape index (κ2) is 8.29. The number of carboxylic acid groups (broad SMARTS) is 1. The average molecular weight is 334 g/mol. The van der Waals surface area contributed by atoms with E-state index in [4.69, 9.17) is 5.73 Å². The standard InChI is InChI=1S/C19H30N2O3/c1-13(2)11-16(18(23)24)21(19(3,4)5)17(22)15(20)12-14-9-7-6-8-10-14/h6-10,13,15-16H,11-12,20H2,1-5H3,(H,23,24)/t15-,16-/m0/s1. The summed E-state index contributed by atoms with van der Waals surface area (Å²) < 4.78 is 0. The molecule has 3 N–H and O–H groups in total. The lowest BCUT2D eigenvalue weighted by Gasteiger charge is -2.41. The lowest BCUT2D eigenvalue weighted by molar-refractivity contribution is -0.156. The zero-order valence-corrected chi connectivity index (χ0v) is 15.3. The van der Waals surface area contributed by atoms with Crippen LogP contribution in [0, 0.1) is 5.92 Å². The molecule has 0 aliphatic heterocycles. The molecule has 0 spiro atoms. The molecule has 1 aromatic carbocycles. The highest BCUT2D eigenvalue weighted by atomic mass is 16.4. The van der Waals surface area contributed by atoms with E-state index in [0.29, 0.717) is 12.8 Å². The lowest BCUT2D eigenvalue weighted by Crippen LogP contribution is -2.59. The molecule has 1 aromatic rings. The first-order valence-electron chi connectivity index (χ1n) is 8.39. The van der Waals surface area contributed by atoms with E-state index in [1.807, 2.05) is 65.0 Å². The van der Waals surface area contributed by atoms with Crippen LogP contribution >= 0.6 is 0 Å². The second-order valence-corrected chi connectivity index (χ2v) is 7.66. The minimum absolute atomic E-state index is 0.161. The van der Waals surface area contributed by atoms with Crippen molar-refractivity contribution < 1.29 is 14.7 Å². The molecule has 0 fully saturated rings. The van der Waals surface area contributed by atoms with Gasteiger partial charge < -0.3 is 15.7 Å². The van der Waals surface area contributed by atoms with Crippen molar-refractivity contribution in [2.45, 2.75) is 65.1 Å². The van der Waals surface area contributed by atoms with Gasteiger partial charge in [0.1, 0.15) is 6.04 Å². The van der Waals surface area contributed by atoms with Gasteiger partial charge in [0.2, 0.25) is 5.91 Å². The normalized spacial score (nSPS) is 14.3. The van der Waals surface area contributed by atoms with E-state index in [-0.39, 0.29) is 11.8 Å². The van der Waals surface area contributed by atoms with Crippen molar-refractivity contribution in [1.29, 1.82) is 0 Å². The number of aliphatic carboxylic acids is 1. The van der Waals surface area contributed by atoms with Crippen LogP contribution in [0.15, 0.2) is 30.3 Å². The number of amides is 1. The molecule has 5 heteroatoms. The fraction of sp³-hybridized carbons (Fsp3) is 0.579. The Balaban J connectivity index is 3.05. The van der Waals surface area contributed by atoms with Gasteiger partial charge in [0.05, 0.1) is 6.04 Å². The summed E-state index contributed by atoms with van der Waals surface area (Å²) in [6, 6.07) is 7.88. The van der Waals surface area contributed by atoms with Crippen molar-refractivity contribution in [3.8, 4) is 0 Å². The molecule has 0 bridgehead atoms. The van der Waals surface area contributed by atoms with Gasteiger partial charge in [-0.3, -0.25) is 4.79 Å². The molecule has 0 aliphatic rings. The van der Waals surface area contributed by atoms with Crippen molar-refractivity contribution in [2.24, 2.45) is 11.7 Å². The zero-order chi connectivity index (χ0) is 18.5. The molecule has 0 radical (unpaired) electrons. The first kappa shape index (κ1) is 20.2. The molecule has 0 aliphatic carbocycles. The third-order valence-electron chi connectivity index (χ3n) is 3.87. The largest absolute Gasteiger partial charge is 0.480 e. The van der Waals surface area contributed by atoms with Gasteiger partial charge in [0.25, 0.3) is 0 Å². The van der Waals surface area contributed by atoms with E-state index in [9.17, 15) is 14.7 Å². The van der Waals surface area contributed by atoms with Crippen molar-refractivity contribution in [3.63, 3.8) is 0 Å². The Bertz CT molecular complexity index is 549. The molecule has 2 atom stereocenters. The fourth-order valence-electron chi connectivity index (χ4n) is 2.85. The third kappa shape index (κ3) is 5.64. The van der Waals surface area contributed by atoms with Gasteiger partial charge >= 0.3 is 5.97 Å². The van der Waals surface area contributed by atoms with Gasteiger partial charge in [0.15, 0.2) is 0 Å². The van der Waals surface area contributed by atoms with Gasteiger partial charge in [-0.15, -0.1) is 0 Å². The van der Waals surface area contributed by atoms with Crippen molar-refractivity contribution >= 4 is 11.9 Å². The fourth-order valence-corrected chi connectivity index (χ4v) is 2.85. The maximum atomic E-state index is 13.0. The van der Waals surface area contributed by atoms with Crippen LogP contribution in [-0.4, -0.2) is 39.5 Å². The van der Waals surface area contributed by atoms with Gasteiger partial charge in [-0.25, -0.2) is 4.79 Å². The number of rotatable bonds is 7. The summed E-state index contributed by atoms with van der Waals surface area (Å²) in [5, 5.41) is 9.64. The molecule has 1 rings (SSSR count). The number of nitrogens with two attached hydrogens (primary N) is 1. The SMILES string of the molecule is CC(C)C[C@@H](C(=O)O)N(C(=O)[C@@H](N)Cc1ccccc1)C(C)(C)C. The van der Waals surface area contributed by atoms with Crippen LogP contribution in [0.5, 0.6) is 0 Å². The summed E-state index contributed by atoms with van der Waals surface area (Å²) in [4.78, 5) is 26.2.